The van der Waals surface area contributed by atoms with Crippen molar-refractivity contribution in [1.29, 1.82) is 0 Å². The van der Waals surface area contributed by atoms with Crippen LogP contribution in [-0.4, -0.2) is 5.78 Å². The van der Waals surface area contributed by atoms with E-state index in [1.54, 1.807) is 13.0 Å². The molecule has 0 aliphatic rings. The number of aryl methyl sites for hydroxylation is 1. The second-order valence-corrected chi connectivity index (χ2v) is 2.90. The fraction of sp³-hybridized carbons (Fsp3) is 0.182. The normalized spacial score (nSPS) is 9.69. The molecule has 0 heterocycles. The molecule has 13 heavy (non-hydrogen) atoms. The number of hydrogen-bond acceptors (Lipinski definition) is 1. The van der Waals surface area contributed by atoms with E-state index in [1.165, 1.54) is 18.2 Å². The molecule has 1 rings (SSSR count). The zero-order valence-corrected chi connectivity index (χ0v) is 7.51. The van der Waals surface area contributed by atoms with Gasteiger partial charge in [0.25, 0.3) is 0 Å². The van der Waals surface area contributed by atoms with Crippen molar-refractivity contribution in [2.24, 2.45) is 0 Å². The topological polar surface area (TPSA) is 17.1 Å². The average molecular weight is 178 g/mol. The van der Waals surface area contributed by atoms with Gasteiger partial charge in [-0.3, -0.25) is 4.79 Å². The van der Waals surface area contributed by atoms with Gasteiger partial charge in [-0.15, -0.1) is 6.58 Å². The van der Waals surface area contributed by atoms with Crippen molar-refractivity contribution in [3.05, 3.63) is 47.8 Å². The van der Waals surface area contributed by atoms with Crippen LogP contribution in [0.15, 0.2) is 30.9 Å². The summed E-state index contributed by atoms with van der Waals surface area (Å²) < 4.78 is 13.2. The number of ketones is 1. The van der Waals surface area contributed by atoms with E-state index >= 15 is 0 Å². The molecule has 0 saturated heterocycles. The maximum atomic E-state index is 13.2. The zero-order valence-electron chi connectivity index (χ0n) is 7.51. The lowest BCUT2D eigenvalue weighted by Gasteiger charge is -2.00. The van der Waals surface area contributed by atoms with Crippen LogP contribution < -0.4 is 0 Å². The third-order valence-corrected chi connectivity index (χ3v) is 1.75. The van der Waals surface area contributed by atoms with Crippen molar-refractivity contribution in [3.63, 3.8) is 0 Å². The molecule has 0 radical (unpaired) electrons. The monoisotopic (exact) mass is 178 g/mol. The lowest BCUT2D eigenvalue weighted by Crippen LogP contribution is -2.00. The van der Waals surface area contributed by atoms with Crippen LogP contribution in [-0.2, 0) is 0 Å². The Bertz CT molecular complexity index is 342. The van der Waals surface area contributed by atoms with Gasteiger partial charge in [0.15, 0.2) is 5.78 Å². The number of benzene rings is 1. The maximum absolute atomic E-state index is 13.2. The van der Waals surface area contributed by atoms with Gasteiger partial charge in [-0.1, -0.05) is 12.1 Å². The van der Waals surface area contributed by atoms with Crippen LogP contribution in [0.25, 0.3) is 0 Å². The minimum atomic E-state index is -0.452. The highest BCUT2D eigenvalue weighted by molar-refractivity contribution is 5.97. The van der Waals surface area contributed by atoms with Crippen LogP contribution >= 0.6 is 0 Å². The second kappa shape index (κ2) is 3.99. The van der Waals surface area contributed by atoms with Crippen LogP contribution in [0, 0.1) is 12.7 Å². The van der Waals surface area contributed by atoms with E-state index in [1.807, 2.05) is 0 Å². The molecular formula is C11H11FO. The largest absolute Gasteiger partial charge is 0.294 e. The van der Waals surface area contributed by atoms with E-state index in [0.717, 1.165) is 5.56 Å². The highest BCUT2D eigenvalue weighted by Crippen LogP contribution is 2.11. The number of carbonyl (C=O) groups excluding carboxylic acids is 1. The molecule has 0 aromatic heterocycles. The minimum Gasteiger partial charge on any atom is -0.294 e. The van der Waals surface area contributed by atoms with Crippen molar-refractivity contribution in [1.82, 2.24) is 0 Å². The Kier molecular flexibility index (Phi) is 2.96. The quantitative estimate of drug-likeness (QED) is 0.513. The molecule has 1 aromatic rings. The van der Waals surface area contributed by atoms with Crippen molar-refractivity contribution in [2.45, 2.75) is 13.3 Å². The summed E-state index contributed by atoms with van der Waals surface area (Å²) in [4.78, 5) is 11.3. The van der Waals surface area contributed by atoms with E-state index in [0.29, 0.717) is 0 Å². The summed E-state index contributed by atoms with van der Waals surface area (Å²) in [6.45, 7) is 5.21. The Hall–Kier alpha value is -1.44. The zero-order chi connectivity index (χ0) is 9.84. The first-order valence-electron chi connectivity index (χ1n) is 4.05. The number of rotatable bonds is 3. The van der Waals surface area contributed by atoms with E-state index < -0.39 is 5.82 Å². The highest BCUT2D eigenvalue weighted by atomic mass is 19.1. The Morgan fingerprint density at radius 3 is 2.85 bits per heavy atom. The Balaban J connectivity index is 3.01. The minimum absolute atomic E-state index is 0.144. The van der Waals surface area contributed by atoms with Crippen LogP contribution in [0.3, 0.4) is 0 Å². The molecule has 1 nitrogen and oxygen atoms in total. The number of allylic oxidation sites excluding steroid dienone is 1. The summed E-state index contributed by atoms with van der Waals surface area (Å²) in [5.41, 5.74) is 0.957. The number of hydrogen-bond donors (Lipinski definition) is 0. The van der Waals surface area contributed by atoms with Gasteiger partial charge in [0.2, 0.25) is 0 Å². The highest BCUT2D eigenvalue weighted by Gasteiger charge is 2.09. The summed E-state index contributed by atoms with van der Waals surface area (Å²) in [6, 6.07) is 4.59. The third kappa shape index (κ3) is 2.25. The molecule has 1 aromatic carbocycles. The van der Waals surface area contributed by atoms with Crippen LogP contribution in [0.2, 0.25) is 0 Å². The Labute approximate surface area is 76.9 Å². The smallest absolute Gasteiger partial charge is 0.169 e. The molecule has 0 saturated carbocycles. The summed E-state index contributed by atoms with van der Waals surface area (Å²) in [5.74, 6) is -0.681. The summed E-state index contributed by atoms with van der Waals surface area (Å²) in [7, 11) is 0. The predicted molar refractivity (Wildman–Crippen MR) is 50.3 cm³/mol. The Morgan fingerprint density at radius 1 is 1.62 bits per heavy atom. The molecule has 0 bridgehead atoms. The van der Waals surface area contributed by atoms with E-state index in [4.69, 9.17) is 0 Å². The van der Waals surface area contributed by atoms with E-state index in [-0.39, 0.29) is 17.8 Å². The molecular weight excluding hydrogens is 167 g/mol. The summed E-state index contributed by atoms with van der Waals surface area (Å²) in [6.07, 6.45) is 1.65. The van der Waals surface area contributed by atoms with E-state index in [2.05, 4.69) is 6.58 Å². The van der Waals surface area contributed by atoms with Gasteiger partial charge < -0.3 is 0 Å². The molecule has 0 aliphatic heterocycles. The lowest BCUT2D eigenvalue weighted by molar-refractivity contribution is 0.0992. The molecule has 0 aliphatic carbocycles. The molecule has 0 fully saturated rings. The van der Waals surface area contributed by atoms with Gasteiger partial charge in [0.1, 0.15) is 5.82 Å². The van der Waals surface area contributed by atoms with Gasteiger partial charge >= 0.3 is 0 Å². The fourth-order valence-corrected chi connectivity index (χ4v) is 1.09. The van der Waals surface area contributed by atoms with Gasteiger partial charge in [-0.05, 0) is 24.6 Å². The van der Waals surface area contributed by atoms with Gasteiger partial charge in [-0.2, -0.15) is 0 Å². The fourth-order valence-electron chi connectivity index (χ4n) is 1.09. The molecule has 0 amide bonds. The van der Waals surface area contributed by atoms with Crippen molar-refractivity contribution >= 4 is 5.78 Å². The van der Waals surface area contributed by atoms with Crippen molar-refractivity contribution < 1.29 is 9.18 Å². The molecule has 0 atom stereocenters. The van der Waals surface area contributed by atoms with Crippen molar-refractivity contribution in [2.75, 3.05) is 0 Å². The van der Waals surface area contributed by atoms with Crippen LogP contribution in [0.1, 0.15) is 22.3 Å². The first kappa shape index (κ1) is 9.65. The van der Waals surface area contributed by atoms with Crippen molar-refractivity contribution in [3.8, 4) is 0 Å². The van der Waals surface area contributed by atoms with E-state index in [9.17, 15) is 9.18 Å². The van der Waals surface area contributed by atoms with Crippen LogP contribution in [0.5, 0.6) is 0 Å². The third-order valence-electron chi connectivity index (χ3n) is 1.75. The molecule has 68 valence electrons. The van der Waals surface area contributed by atoms with Gasteiger partial charge in [0, 0.05) is 6.42 Å². The van der Waals surface area contributed by atoms with Gasteiger partial charge in [0.05, 0.1) is 5.56 Å². The van der Waals surface area contributed by atoms with Gasteiger partial charge in [-0.25, -0.2) is 4.39 Å². The maximum Gasteiger partial charge on any atom is 0.169 e. The molecule has 2 heteroatoms. The SMILES string of the molecule is C=CCC(=O)c1ccc(C)cc1F. The van der Waals surface area contributed by atoms with Crippen LogP contribution in [0.4, 0.5) is 4.39 Å². The summed E-state index contributed by atoms with van der Waals surface area (Å²) in [5, 5.41) is 0. The molecule has 0 N–H and O–H groups in total. The summed E-state index contributed by atoms with van der Waals surface area (Å²) >= 11 is 0. The molecule has 0 unspecified atom stereocenters. The lowest BCUT2D eigenvalue weighted by atomic mass is 10.1. The number of Topliss-reactive ketones (excluding diaryl/α,β-unsaturated/α-hetero) is 1. The Morgan fingerprint density at radius 2 is 2.31 bits per heavy atom. The average Bonchev–Trinajstić information content (AvgIpc) is 2.04. The number of carbonyl (C=O) groups is 1. The predicted octanol–water partition coefficient (Wildman–Crippen LogP) is 2.89. The first-order chi connectivity index (χ1) is 6.15. The standard InChI is InChI=1S/C11H11FO/c1-3-4-11(13)9-6-5-8(2)7-10(9)12/h3,5-7H,1,4H2,2H3. The number of halogens is 1. The molecule has 0 spiro atoms. The second-order valence-electron chi connectivity index (χ2n) is 2.90. The first-order valence-corrected chi connectivity index (χ1v) is 4.05.